The first-order chi connectivity index (χ1) is 24.1. The third-order valence-corrected chi connectivity index (χ3v) is 10.5. The van der Waals surface area contributed by atoms with E-state index in [9.17, 15) is 0 Å². The highest BCUT2D eigenvalue weighted by Gasteiger charge is 2.28. The number of aromatic amines is 1. The predicted molar refractivity (Wildman–Crippen MR) is 206 cm³/mol. The highest BCUT2D eigenvalue weighted by molar-refractivity contribution is 7.11. The molecule has 0 saturated carbocycles. The topological polar surface area (TPSA) is 79.0 Å². The Morgan fingerprint density at radius 2 is 1.98 bits per heavy atom. The van der Waals surface area contributed by atoms with Crippen molar-refractivity contribution in [2.45, 2.75) is 99.1 Å². The number of likely N-dealkylation sites (tertiary alicyclic amines) is 1. The quantitative estimate of drug-likeness (QED) is 0.121. The zero-order valence-electron chi connectivity index (χ0n) is 30.6. The van der Waals surface area contributed by atoms with E-state index in [0.717, 1.165) is 106 Å². The van der Waals surface area contributed by atoms with Crippen LogP contribution in [0.3, 0.4) is 0 Å². The minimum absolute atomic E-state index is 0.133. The second-order valence-electron chi connectivity index (χ2n) is 13.0. The Hall–Kier alpha value is -4.50. The highest BCUT2D eigenvalue weighted by Crippen LogP contribution is 2.38. The van der Waals surface area contributed by atoms with E-state index in [-0.39, 0.29) is 11.9 Å². The van der Waals surface area contributed by atoms with E-state index < -0.39 is 6.10 Å². The van der Waals surface area contributed by atoms with Crippen molar-refractivity contribution >= 4 is 28.7 Å². The number of aromatic nitrogens is 4. The first-order valence-electron chi connectivity index (χ1n) is 17.8. The summed E-state index contributed by atoms with van der Waals surface area (Å²) in [6, 6.07) is 9.92. The number of halogens is 1. The zero-order valence-corrected chi connectivity index (χ0v) is 31.4. The molecular weight excluding hydrogens is 644 g/mol. The molecule has 264 valence electrons. The average molecular weight is 695 g/mol. The normalized spacial score (nSPS) is 15.8. The van der Waals surface area contributed by atoms with E-state index in [0.29, 0.717) is 16.9 Å². The van der Waals surface area contributed by atoms with Crippen molar-refractivity contribution in [1.29, 1.82) is 0 Å². The molecule has 0 aliphatic carbocycles. The standard InChI is InChI=1S/C41H51FN6OS/c1-10-15-27(7)48-19-14-16-36(48)28(8)44-34(11-2)32-22-33(42)40(37(23-32)49-29(9)41-47-46-39(13-4)50-41)26(6)20-31-21-30(18-17-25(31)5)35-24-43-38(12-3)45-35/h11,17-18,20-24,29,36,44H,7-8,10,12-16,19H2,1-6,9H3,(H,43,45)/b26-20+,34-11-. The lowest BCUT2D eigenvalue weighted by Crippen LogP contribution is -2.34. The first-order valence-corrected chi connectivity index (χ1v) is 18.6. The van der Waals surface area contributed by atoms with Crippen LogP contribution in [0.4, 0.5) is 4.39 Å². The van der Waals surface area contributed by atoms with E-state index in [4.69, 9.17) is 4.74 Å². The van der Waals surface area contributed by atoms with Gasteiger partial charge in [-0.25, -0.2) is 9.37 Å². The maximum atomic E-state index is 16.6. The van der Waals surface area contributed by atoms with Crippen molar-refractivity contribution in [1.82, 2.24) is 30.4 Å². The summed E-state index contributed by atoms with van der Waals surface area (Å²) < 4.78 is 23.2. The number of ether oxygens (including phenoxy) is 1. The monoisotopic (exact) mass is 694 g/mol. The van der Waals surface area contributed by atoms with Gasteiger partial charge >= 0.3 is 0 Å². The van der Waals surface area contributed by atoms with Gasteiger partial charge in [0.15, 0.2) is 5.01 Å². The van der Waals surface area contributed by atoms with Crippen LogP contribution >= 0.6 is 11.3 Å². The summed E-state index contributed by atoms with van der Waals surface area (Å²) in [6.07, 6.45) is 11.1. The van der Waals surface area contributed by atoms with Gasteiger partial charge < -0.3 is 19.9 Å². The fourth-order valence-electron chi connectivity index (χ4n) is 6.49. The van der Waals surface area contributed by atoms with Crippen LogP contribution in [0.5, 0.6) is 5.75 Å². The number of allylic oxidation sites excluding steroid dienone is 3. The molecule has 1 aliphatic heterocycles. The lowest BCUT2D eigenvalue weighted by atomic mass is 9.96. The van der Waals surface area contributed by atoms with Crippen LogP contribution < -0.4 is 10.1 Å². The molecule has 7 nitrogen and oxygen atoms in total. The van der Waals surface area contributed by atoms with Crippen molar-refractivity contribution in [2.24, 2.45) is 0 Å². The number of benzene rings is 2. The number of nitrogens with one attached hydrogen (secondary N) is 2. The highest BCUT2D eigenvalue weighted by atomic mass is 32.1. The molecule has 1 saturated heterocycles. The van der Waals surface area contributed by atoms with E-state index in [1.165, 1.54) is 11.3 Å². The molecule has 0 bridgehead atoms. The molecule has 2 unspecified atom stereocenters. The second-order valence-corrected chi connectivity index (χ2v) is 14.1. The van der Waals surface area contributed by atoms with E-state index >= 15 is 4.39 Å². The third-order valence-electron chi connectivity index (χ3n) is 9.31. The Morgan fingerprint density at radius 3 is 2.66 bits per heavy atom. The van der Waals surface area contributed by atoms with Gasteiger partial charge in [0.05, 0.1) is 23.5 Å². The summed E-state index contributed by atoms with van der Waals surface area (Å²) >= 11 is 1.52. The zero-order chi connectivity index (χ0) is 35.9. The van der Waals surface area contributed by atoms with Gasteiger partial charge in [0.2, 0.25) is 0 Å². The number of aryl methyl sites for hydroxylation is 3. The van der Waals surface area contributed by atoms with Crippen LogP contribution in [0.2, 0.25) is 0 Å². The molecule has 1 fully saturated rings. The SMILES string of the molecule is C=C(N/C(=C\C)c1cc(F)c(/C(C)=C/c2cc(-c3cnc(CC)[nH]3)ccc2C)c(OC(C)c2nnc(CC)s2)c1)C1CCCN1C(=C)CCC. The van der Waals surface area contributed by atoms with E-state index in [1.807, 2.05) is 45.2 Å². The number of imidazole rings is 1. The van der Waals surface area contributed by atoms with Crippen LogP contribution in [-0.2, 0) is 12.8 Å². The summed E-state index contributed by atoms with van der Waals surface area (Å²) in [5.41, 5.74) is 8.67. The molecule has 2 aromatic carbocycles. The lowest BCUT2D eigenvalue weighted by molar-refractivity contribution is 0.223. The van der Waals surface area contributed by atoms with Crippen molar-refractivity contribution in [3.8, 4) is 17.0 Å². The molecule has 3 heterocycles. The molecule has 9 heteroatoms. The fourth-order valence-corrected chi connectivity index (χ4v) is 7.26. The average Bonchev–Trinajstić information content (AvgIpc) is 3.89. The Balaban J connectivity index is 1.52. The van der Waals surface area contributed by atoms with Crippen molar-refractivity contribution in [3.05, 3.63) is 111 Å². The first kappa shape index (κ1) is 36.8. The van der Waals surface area contributed by atoms with Crippen molar-refractivity contribution in [2.75, 3.05) is 6.54 Å². The van der Waals surface area contributed by atoms with Crippen LogP contribution in [0.1, 0.15) is 111 Å². The number of nitrogens with zero attached hydrogens (tertiary/aromatic N) is 4. The van der Waals surface area contributed by atoms with Gasteiger partial charge in [-0.2, -0.15) is 0 Å². The molecule has 0 spiro atoms. The minimum atomic E-state index is -0.430. The lowest BCUT2D eigenvalue weighted by Gasteiger charge is -2.31. The van der Waals surface area contributed by atoms with Gasteiger partial charge in [0, 0.05) is 41.2 Å². The molecule has 0 amide bonds. The minimum Gasteiger partial charge on any atom is -0.483 e. The molecule has 2 N–H and O–H groups in total. The number of hydrogen-bond donors (Lipinski definition) is 2. The molecule has 2 aromatic heterocycles. The van der Waals surface area contributed by atoms with Crippen LogP contribution in [0.15, 0.2) is 67.2 Å². The Labute approximate surface area is 301 Å². The summed E-state index contributed by atoms with van der Waals surface area (Å²) in [4.78, 5) is 10.2. The van der Waals surface area contributed by atoms with E-state index in [2.05, 4.69) is 89.4 Å². The van der Waals surface area contributed by atoms with Gasteiger partial charge in [-0.1, -0.05) is 76.0 Å². The van der Waals surface area contributed by atoms with Crippen LogP contribution in [0.25, 0.3) is 28.6 Å². The smallest absolute Gasteiger partial charge is 0.157 e. The molecule has 5 rings (SSSR count). The summed E-state index contributed by atoms with van der Waals surface area (Å²) in [7, 11) is 0. The second kappa shape index (κ2) is 16.5. The molecule has 0 radical (unpaired) electrons. The predicted octanol–water partition coefficient (Wildman–Crippen LogP) is 10.4. The maximum Gasteiger partial charge on any atom is 0.157 e. The fraction of sp³-hybridized carbons (Fsp3) is 0.390. The number of hydrogen-bond acceptors (Lipinski definition) is 7. The van der Waals surface area contributed by atoms with Gasteiger partial charge in [-0.05, 0) is 88.3 Å². The third kappa shape index (κ3) is 8.27. The van der Waals surface area contributed by atoms with Gasteiger partial charge in [-0.15, -0.1) is 10.2 Å². The van der Waals surface area contributed by atoms with Crippen LogP contribution in [0, 0.1) is 12.7 Å². The Morgan fingerprint density at radius 1 is 1.18 bits per heavy atom. The molecule has 4 aromatic rings. The molecule has 2 atom stereocenters. The number of H-pyrrole nitrogens is 1. The summed E-state index contributed by atoms with van der Waals surface area (Å²) in [5, 5.41) is 13.9. The van der Waals surface area contributed by atoms with Gasteiger partial charge in [0.1, 0.15) is 28.5 Å². The number of rotatable bonds is 15. The molecular formula is C41H51FN6OS. The Bertz CT molecular complexity index is 1900. The van der Waals surface area contributed by atoms with Crippen molar-refractivity contribution in [3.63, 3.8) is 0 Å². The summed E-state index contributed by atoms with van der Waals surface area (Å²) in [5.74, 6) is 1.01. The van der Waals surface area contributed by atoms with Gasteiger partial charge in [0.25, 0.3) is 0 Å². The largest absolute Gasteiger partial charge is 0.483 e. The van der Waals surface area contributed by atoms with E-state index in [1.54, 1.807) is 6.07 Å². The maximum absolute atomic E-state index is 16.6. The van der Waals surface area contributed by atoms with Crippen LogP contribution in [-0.4, -0.2) is 37.7 Å². The van der Waals surface area contributed by atoms with Gasteiger partial charge in [-0.3, -0.25) is 0 Å². The molecule has 50 heavy (non-hydrogen) atoms. The van der Waals surface area contributed by atoms with Crippen molar-refractivity contribution < 1.29 is 9.13 Å². The molecule has 1 aliphatic rings. The Kier molecular flexibility index (Phi) is 12.1. The summed E-state index contributed by atoms with van der Waals surface area (Å²) in [6.45, 7) is 23.9.